The fraction of sp³-hybridized carbons (Fsp3) is 0.417. The predicted octanol–water partition coefficient (Wildman–Crippen LogP) is 0.998. The van der Waals surface area contributed by atoms with Crippen LogP contribution in [0.4, 0.5) is 0 Å². The lowest BCUT2D eigenvalue weighted by Gasteiger charge is -2.25. The van der Waals surface area contributed by atoms with E-state index in [0.717, 1.165) is 29.5 Å². The average molecular weight is 204 g/mol. The summed E-state index contributed by atoms with van der Waals surface area (Å²) in [6, 6.07) is 6.26. The molecule has 1 heterocycles. The first kappa shape index (κ1) is 10.2. The molecule has 1 amide bonds. The fourth-order valence-corrected chi connectivity index (χ4v) is 2.03. The van der Waals surface area contributed by atoms with Crippen LogP contribution in [0.3, 0.4) is 0 Å². The summed E-state index contributed by atoms with van der Waals surface area (Å²) in [6.07, 6.45) is 1.75. The second kappa shape index (κ2) is 4.03. The summed E-state index contributed by atoms with van der Waals surface area (Å²) in [7, 11) is 0. The summed E-state index contributed by atoms with van der Waals surface area (Å²) in [5, 5.41) is 2.98. The predicted molar refractivity (Wildman–Crippen MR) is 59.8 cm³/mol. The molecule has 0 saturated heterocycles. The van der Waals surface area contributed by atoms with E-state index in [1.165, 1.54) is 0 Å². The third kappa shape index (κ3) is 2.02. The Balaban J connectivity index is 2.28. The minimum Gasteiger partial charge on any atom is -0.349 e. The molecule has 1 atom stereocenters. The number of carbonyl (C=O) groups is 1. The summed E-state index contributed by atoms with van der Waals surface area (Å²) in [5.41, 5.74) is 8.59. The van der Waals surface area contributed by atoms with Crippen molar-refractivity contribution in [3.05, 3.63) is 34.9 Å². The van der Waals surface area contributed by atoms with Gasteiger partial charge in [0.15, 0.2) is 0 Å². The smallest absolute Gasteiger partial charge is 0.251 e. The highest BCUT2D eigenvalue weighted by Gasteiger charge is 2.23. The topological polar surface area (TPSA) is 55.1 Å². The van der Waals surface area contributed by atoms with Crippen LogP contribution in [0, 0.1) is 6.92 Å². The van der Waals surface area contributed by atoms with Crippen molar-refractivity contribution in [2.24, 2.45) is 5.73 Å². The average Bonchev–Trinajstić information content (AvgIpc) is 2.20. The van der Waals surface area contributed by atoms with Gasteiger partial charge in [-0.25, -0.2) is 0 Å². The monoisotopic (exact) mass is 204 g/mol. The molecular formula is C12H16N2O. The molecule has 3 heteroatoms. The molecule has 1 aromatic carbocycles. The summed E-state index contributed by atoms with van der Waals surface area (Å²) in [4.78, 5) is 11.8. The fourth-order valence-electron chi connectivity index (χ4n) is 2.03. The first-order valence-electron chi connectivity index (χ1n) is 5.31. The standard InChI is InChI=1S/C12H16N2O/c1-8-2-3-9-7-10(4-5-13)14-12(15)11(9)6-8/h2-3,6,10H,4-5,7,13H2,1H3,(H,14,15). The Morgan fingerprint density at radius 1 is 1.53 bits per heavy atom. The number of fused-ring (bicyclic) bond motifs is 1. The van der Waals surface area contributed by atoms with Crippen molar-refractivity contribution in [2.45, 2.75) is 25.8 Å². The number of benzene rings is 1. The molecule has 0 spiro atoms. The highest BCUT2D eigenvalue weighted by Crippen LogP contribution is 2.19. The third-order valence-corrected chi connectivity index (χ3v) is 2.83. The molecule has 15 heavy (non-hydrogen) atoms. The maximum absolute atomic E-state index is 11.8. The van der Waals surface area contributed by atoms with Crippen LogP contribution >= 0.6 is 0 Å². The lowest BCUT2D eigenvalue weighted by Crippen LogP contribution is -2.42. The molecular weight excluding hydrogens is 188 g/mol. The molecule has 0 radical (unpaired) electrons. The van der Waals surface area contributed by atoms with Gasteiger partial charge in [0.25, 0.3) is 5.91 Å². The van der Waals surface area contributed by atoms with E-state index in [4.69, 9.17) is 5.73 Å². The van der Waals surface area contributed by atoms with Gasteiger partial charge >= 0.3 is 0 Å². The van der Waals surface area contributed by atoms with Gasteiger partial charge in [-0.3, -0.25) is 4.79 Å². The number of nitrogens with one attached hydrogen (secondary N) is 1. The zero-order valence-electron chi connectivity index (χ0n) is 8.92. The maximum Gasteiger partial charge on any atom is 0.251 e. The van der Waals surface area contributed by atoms with E-state index in [1.54, 1.807) is 0 Å². The number of aryl methyl sites for hydroxylation is 1. The van der Waals surface area contributed by atoms with Crippen LogP contribution in [0.5, 0.6) is 0 Å². The van der Waals surface area contributed by atoms with Crippen LogP contribution in [0.15, 0.2) is 18.2 Å². The second-order valence-electron chi connectivity index (χ2n) is 4.11. The van der Waals surface area contributed by atoms with Gasteiger partial charge in [0, 0.05) is 11.6 Å². The number of hydrogen-bond donors (Lipinski definition) is 2. The molecule has 1 aromatic rings. The van der Waals surface area contributed by atoms with E-state index in [0.29, 0.717) is 6.54 Å². The van der Waals surface area contributed by atoms with E-state index >= 15 is 0 Å². The Kier molecular flexibility index (Phi) is 2.73. The van der Waals surface area contributed by atoms with Gasteiger partial charge in [0.05, 0.1) is 0 Å². The molecule has 0 bridgehead atoms. The van der Waals surface area contributed by atoms with Crippen molar-refractivity contribution in [3.8, 4) is 0 Å². The number of carbonyl (C=O) groups excluding carboxylic acids is 1. The van der Waals surface area contributed by atoms with Crippen LogP contribution in [-0.2, 0) is 6.42 Å². The molecule has 0 saturated carbocycles. The highest BCUT2D eigenvalue weighted by molar-refractivity contribution is 5.97. The Hall–Kier alpha value is -1.35. The molecule has 0 fully saturated rings. The highest BCUT2D eigenvalue weighted by atomic mass is 16.1. The van der Waals surface area contributed by atoms with Gasteiger partial charge in [-0.2, -0.15) is 0 Å². The van der Waals surface area contributed by atoms with Gasteiger partial charge in [-0.1, -0.05) is 17.7 Å². The Bertz CT molecular complexity index is 387. The van der Waals surface area contributed by atoms with E-state index in [-0.39, 0.29) is 11.9 Å². The molecule has 2 rings (SSSR count). The molecule has 3 nitrogen and oxygen atoms in total. The van der Waals surface area contributed by atoms with E-state index in [2.05, 4.69) is 11.4 Å². The Morgan fingerprint density at radius 3 is 3.07 bits per heavy atom. The molecule has 0 aromatic heterocycles. The van der Waals surface area contributed by atoms with E-state index in [9.17, 15) is 4.79 Å². The molecule has 1 unspecified atom stereocenters. The summed E-state index contributed by atoms with van der Waals surface area (Å²) >= 11 is 0. The first-order chi connectivity index (χ1) is 7.20. The van der Waals surface area contributed by atoms with Crippen LogP contribution in [0.1, 0.15) is 27.9 Å². The largest absolute Gasteiger partial charge is 0.349 e. The zero-order valence-corrected chi connectivity index (χ0v) is 8.92. The van der Waals surface area contributed by atoms with Crippen LogP contribution in [-0.4, -0.2) is 18.5 Å². The number of hydrogen-bond acceptors (Lipinski definition) is 2. The molecule has 1 aliphatic rings. The van der Waals surface area contributed by atoms with E-state index < -0.39 is 0 Å². The minimum atomic E-state index is 0.0402. The van der Waals surface area contributed by atoms with Crippen molar-refractivity contribution in [2.75, 3.05) is 6.54 Å². The number of amides is 1. The molecule has 80 valence electrons. The normalized spacial score (nSPS) is 19.6. The van der Waals surface area contributed by atoms with Crippen molar-refractivity contribution < 1.29 is 4.79 Å². The quantitative estimate of drug-likeness (QED) is 0.755. The molecule has 1 aliphatic heterocycles. The van der Waals surface area contributed by atoms with Crippen molar-refractivity contribution in [1.29, 1.82) is 0 Å². The van der Waals surface area contributed by atoms with Gasteiger partial charge < -0.3 is 11.1 Å². The van der Waals surface area contributed by atoms with Crippen molar-refractivity contribution in [3.63, 3.8) is 0 Å². The van der Waals surface area contributed by atoms with Gasteiger partial charge in [-0.05, 0) is 37.9 Å². The number of nitrogens with two attached hydrogens (primary N) is 1. The molecule has 0 aliphatic carbocycles. The minimum absolute atomic E-state index is 0.0402. The second-order valence-corrected chi connectivity index (χ2v) is 4.11. The SMILES string of the molecule is Cc1ccc2c(c1)C(=O)NC(CCN)C2. The number of rotatable bonds is 2. The van der Waals surface area contributed by atoms with Crippen LogP contribution in [0.25, 0.3) is 0 Å². The lowest BCUT2D eigenvalue weighted by molar-refractivity contribution is 0.0923. The zero-order chi connectivity index (χ0) is 10.8. The summed E-state index contributed by atoms with van der Waals surface area (Å²) < 4.78 is 0. The van der Waals surface area contributed by atoms with Crippen LogP contribution < -0.4 is 11.1 Å². The van der Waals surface area contributed by atoms with Gasteiger partial charge in [0.2, 0.25) is 0 Å². The maximum atomic E-state index is 11.8. The molecule has 3 N–H and O–H groups in total. The van der Waals surface area contributed by atoms with Gasteiger partial charge in [-0.15, -0.1) is 0 Å². The summed E-state index contributed by atoms with van der Waals surface area (Å²) in [6.45, 7) is 2.62. The lowest BCUT2D eigenvalue weighted by atomic mass is 9.92. The van der Waals surface area contributed by atoms with Crippen molar-refractivity contribution in [1.82, 2.24) is 5.32 Å². The van der Waals surface area contributed by atoms with Crippen LogP contribution in [0.2, 0.25) is 0 Å². The Labute approximate surface area is 89.7 Å². The first-order valence-corrected chi connectivity index (χ1v) is 5.31. The van der Waals surface area contributed by atoms with E-state index in [1.807, 2.05) is 19.1 Å². The third-order valence-electron chi connectivity index (χ3n) is 2.83. The Morgan fingerprint density at radius 2 is 2.33 bits per heavy atom. The van der Waals surface area contributed by atoms with Crippen molar-refractivity contribution >= 4 is 5.91 Å². The summed E-state index contributed by atoms with van der Waals surface area (Å²) in [5.74, 6) is 0.0402. The van der Waals surface area contributed by atoms with Gasteiger partial charge in [0.1, 0.15) is 0 Å².